The number of carbonyl (C=O) groups is 1. The van der Waals surface area contributed by atoms with E-state index in [9.17, 15) is 4.79 Å². The molecule has 0 aliphatic rings. The van der Waals surface area contributed by atoms with Gasteiger partial charge in [-0.05, 0) is 34.7 Å². The number of nitrogens with one attached hydrogen (secondary N) is 1. The normalized spacial score (nSPS) is 11.1. The number of carbonyl (C=O) groups excluding carboxylic acids is 1. The van der Waals surface area contributed by atoms with E-state index in [0.717, 1.165) is 9.26 Å². The van der Waals surface area contributed by atoms with Crippen LogP contribution in [-0.2, 0) is 9.53 Å². The van der Waals surface area contributed by atoms with Gasteiger partial charge in [-0.15, -0.1) is 0 Å². The van der Waals surface area contributed by atoms with Crippen molar-refractivity contribution >= 4 is 51.0 Å². The molecule has 0 saturated heterocycles. The van der Waals surface area contributed by atoms with Crippen LogP contribution < -0.4 is 5.43 Å². The second-order valence-corrected chi connectivity index (χ2v) is 4.46. The molecule has 0 spiro atoms. The highest BCUT2D eigenvalue weighted by Gasteiger charge is 1.99. The van der Waals surface area contributed by atoms with Crippen molar-refractivity contribution in [3.63, 3.8) is 0 Å². The summed E-state index contributed by atoms with van der Waals surface area (Å²) in [6.07, 6.45) is 0. The third-order valence-corrected chi connectivity index (χ3v) is 2.70. The summed E-state index contributed by atoms with van der Waals surface area (Å²) in [7, 11) is 0. The maximum absolute atomic E-state index is 10.5. The SMILES string of the molecule is CC(=O)OCC(Cl)=NNc1ccccc1I. The monoisotopic (exact) mass is 352 g/mol. The van der Waals surface area contributed by atoms with Crippen LogP contribution in [-0.4, -0.2) is 17.7 Å². The summed E-state index contributed by atoms with van der Waals surface area (Å²) in [6, 6.07) is 7.64. The van der Waals surface area contributed by atoms with Crippen LogP contribution in [0.5, 0.6) is 0 Å². The van der Waals surface area contributed by atoms with Gasteiger partial charge in [0.1, 0.15) is 6.61 Å². The average molecular weight is 353 g/mol. The van der Waals surface area contributed by atoms with Gasteiger partial charge in [-0.25, -0.2) is 0 Å². The summed E-state index contributed by atoms with van der Waals surface area (Å²) in [4.78, 5) is 10.5. The van der Waals surface area contributed by atoms with Gasteiger partial charge < -0.3 is 4.74 Å². The van der Waals surface area contributed by atoms with Crippen molar-refractivity contribution in [3.05, 3.63) is 27.8 Å². The van der Waals surface area contributed by atoms with E-state index in [1.807, 2.05) is 24.3 Å². The fourth-order valence-electron chi connectivity index (χ4n) is 0.866. The molecule has 0 aromatic heterocycles. The number of nitrogens with zero attached hydrogens (tertiary/aromatic N) is 1. The lowest BCUT2D eigenvalue weighted by Crippen LogP contribution is -2.08. The zero-order valence-corrected chi connectivity index (χ0v) is 11.4. The largest absolute Gasteiger partial charge is 0.458 e. The number of hydrazone groups is 1. The van der Waals surface area contributed by atoms with Gasteiger partial charge in [0.05, 0.1) is 5.69 Å². The number of hydrogen-bond acceptors (Lipinski definition) is 4. The van der Waals surface area contributed by atoms with Gasteiger partial charge in [-0.1, -0.05) is 23.7 Å². The Morgan fingerprint density at radius 2 is 2.25 bits per heavy atom. The molecule has 0 radical (unpaired) electrons. The molecule has 0 atom stereocenters. The minimum Gasteiger partial charge on any atom is -0.458 e. The number of halogens is 2. The molecular weight excluding hydrogens is 342 g/mol. The molecule has 0 aliphatic carbocycles. The van der Waals surface area contributed by atoms with Gasteiger partial charge in [-0.3, -0.25) is 10.2 Å². The van der Waals surface area contributed by atoms with Crippen molar-refractivity contribution < 1.29 is 9.53 Å². The Hall–Kier alpha value is -0.820. The molecular formula is C10H10ClIN2O2. The van der Waals surface area contributed by atoms with E-state index in [1.165, 1.54) is 6.92 Å². The third-order valence-electron chi connectivity index (χ3n) is 1.57. The van der Waals surface area contributed by atoms with Crippen molar-refractivity contribution in [2.45, 2.75) is 6.92 Å². The van der Waals surface area contributed by atoms with E-state index < -0.39 is 0 Å². The van der Waals surface area contributed by atoms with Crippen LogP contribution in [0.3, 0.4) is 0 Å². The summed E-state index contributed by atoms with van der Waals surface area (Å²) in [5, 5.41) is 4.07. The van der Waals surface area contributed by atoms with E-state index in [0.29, 0.717) is 0 Å². The summed E-state index contributed by atoms with van der Waals surface area (Å²) in [5.74, 6) is -0.386. The van der Waals surface area contributed by atoms with Gasteiger partial charge in [-0.2, -0.15) is 5.10 Å². The van der Waals surface area contributed by atoms with Crippen LogP contribution >= 0.6 is 34.2 Å². The molecule has 6 heteroatoms. The summed E-state index contributed by atoms with van der Waals surface area (Å²) in [5.41, 5.74) is 3.64. The first-order chi connectivity index (χ1) is 7.59. The predicted molar refractivity (Wildman–Crippen MR) is 72.7 cm³/mol. The molecule has 0 fully saturated rings. The lowest BCUT2D eigenvalue weighted by atomic mass is 10.3. The molecule has 1 N–H and O–H groups in total. The number of esters is 1. The van der Waals surface area contributed by atoms with Gasteiger partial charge in [0, 0.05) is 10.5 Å². The Morgan fingerprint density at radius 3 is 2.88 bits per heavy atom. The first kappa shape index (κ1) is 13.2. The fraction of sp³-hybridized carbons (Fsp3) is 0.200. The first-order valence-corrected chi connectivity index (χ1v) is 5.91. The van der Waals surface area contributed by atoms with Crippen molar-refractivity contribution in [3.8, 4) is 0 Å². The molecule has 0 bridgehead atoms. The van der Waals surface area contributed by atoms with Crippen LogP contribution in [0.2, 0.25) is 0 Å². The third kappa shape index (κ3) is 4.80. The zero-order valence-electron chi connectivity index (χ0n) is 8.54. The van der Waals surface area contributed by atoms with Crippen molar-refractivity contribution in [1.82, 2.24) is 0 Å². The minimum absolute atomic E-state index is 0.0205. The number of benzene rings is 1. The first-order valence-electron chi connectivity index (χ1n) is 4.45. The van der Waals surface area contributed by atoms with E-state index >= 15 is 0 Å². The van der Waals surface area contributed by atoms with Crippen molar-refractivity contribution in [2.24, 2.45) is 5.10 Å². The topological polar surface area (TPSA) is 50.7 Å². The molecule has 0 saturated carbocycles. The Kier molecular flexibility index (Phi) is 5.54. The molecule has 16 heavy (non-hydrogen) atoms. The second-order valence-electron chi connectivity index (χ2n) is 2.86. The molecule has 0 unspecified atom stereocenters. The van der Waals surface area contributed by atoms with E-state index in [2.05, 4.69) is 37.9 Å². The van der Waals surface area contributed by atoms with E-state index in [-0.39, 0.29) is 17.7 Å². The highest BCUT2D eigenvalue weighted by Crippen LogP contribution is 2.16. The number of hydrogen-bond donors (Lipinski definition) is 1. The van der Waals surface area contributed by atoms with Gasteiger partial charge in [0.15, 0.2) is 5.17 Å². The number of rotatable bonds is 4. The molecule has 0 aliphatic heterocycles. The number of para-hydroxylation sites is 1. The fourth-order valence-corrected chi connectivity index (χ4v) is 1.47. The van der Waals surface area contributed by atoms with Crippen LogP contribution in [0.25, 0.3) is 0 Å². The van der Waals surface area contributed by atoms with Crippen molar-refractivity contribution in [1.29, 1.82) is 0 Å². The molecule has 0 heterocycles. The lowest BCUT2D eigenvalue weighted by molar-refractivity contribution is -0.139. The maximum Gasteiger partial charge on any atom is 0.303 e. The Morgan fingerprint density at radius 1 is 1.56 bits per heavy atom. The highest BCUT2D eigenvalue weighted by atomic mass is 127. The summed E-state index contributed by atoms with van der Waals surface area (Å²) >= 11 is 7.91. The second kappa shape index (κ2) is 6.70. The minimum atomic E-state index is -0.386. The number of anilines is 1. The van der Waals surface area contributed by atoms with E-state index in [4.69, 9.17) is 11.6 Å². The van der Waals surface area contributed by atoms with Crippen LogP contribution in [0.4, 0.5) is 5.69 Å². The lowest BCUT2D eigenvalue weighted by Gasteiger charge is -2.04. The van der Waals surface area contributed by atoms with Gasteiger partial charge >= 0.3 is 5.97 Å². The summed E-state index contributed by atoms with van der Waals surface area (Å²) in [6.45, 7) is 1.30. The van der Waals surface area contributed by atoms with E-state index in [1.54, 1.807) is 0 Å². The van der Waals surface area contributed by atoms with Gasteiger partial charge in [0.2, 0.25) is 0 Å². The molecule has 0 amide bonds. The molecule has 4 nitrogen and oxygen atoms in total. The molecule has 1 rings (SSSR count). The zero-order chi connectivity index (χ0) is 12.0. The molecule has 1 aromatic rings. The number of ether oxygens (including phenoxy) is 1. The standard InChI is InChI=1S/C10H10ClIN2O2/c1-7(15)16-6-10(11)14-13-9-5-3-2-4-8(9)12/h2-5,13H,6H2,1H3. The predicted octanol–water partition coefficient (Wildman–Crippen LogP) is 2.82. The van der Waals surface area contributed by atoms with Crippen LogP contribution in [0.1, 0.15) is 6.92 Å². The van der Waals surface area contributed by atoms with Crippen molar-refractivity contribution in [2.75, 3.05) is 12.0 Å². The Labute approximate surface area is 112 Å². The summed E-state index contributed by atoms with van der Waals surface area (Å²) < 4.78 is 5.71. The van der Waals surface area contributed by atoms with Crippen LogP contribution in [0.15, 0.2) is 29.4 Å². The molecule has 86 valence electrons. The van der Waals surface area contributed by atoms with Crippen LogP contribution in [0, 0.1) is 3.57 Å². The molecule has 1 aromatic carbocycles. The Bertz CT molecular complexity index is 410. The quantitative estimate of drug-likeness (QED) is 0.392. The average Bonchev–Trinajstić information content (AvgIpc) is 2.25. The highest BCUT2D eigenvalue weighted by molar-refractivity contribution is 14.1. The Balaban J connectivity index is 2.52. The van der Waals surface area contributed by atoms with Gasteiger partial charge in [0.25, 0.3) is 0 Å². The smallest absolute Gasteiger partial charge is 0.303 e. The maximum atomic E-state index is 10.5.